The maximum absolute atomic E-state index is 12.0. The van der Waals surface area contributed by atoms with E-state index in [0.29, 0.717) is 0 Å². The topological polar surface area (TPSA) is 110 Å². The van der Waals surface area contributed by atoms with Gasteiger partial charge in [0.25, 0.3) is 5.69 Å². The third kappa shape index (κ3) is 3.45. The van der Waals surface area contributed by atoms with E-state index in [9.17, 15) is 19.7 Å². The first kappa shape index (κ1) is 15.2. The summed E-state index contributed by atoms with van der Waals surface area (Å²) in [4.78, 5) is 33.3. The van der Waals surface area contributed by atoms with Gasteiger partial charge in [0.15, 0.2) is 5.56 Å². The van der Waals surface area contributed by atoms with Gasteiger partial charge in [-0.25, -0.2) is 4.79 Å². The zero-order valence-corrected chi connectivity index (χ0v) is 11.4. The quantitative estimate of drug-likeness (QED) is 0.651. The van der Waals surface area contributed by atoms with E-state index < -0.39 is 28.1 Å². The first-order valence-electron chi connectivity index (χ1n) is 6.33. The van der Waals surface area contributed by atoms with Crippen LogP contribution in [0, 0.1) is 10.1 Å². The Morgan fingerprint density at radius 1 is 1.09 bits per heavy atom. The number of nitro groups is 1. The molecule has 0 bridgehead atoms. The standard InChI is InChI=1S/C15H12N2O5/c18-13(9-10-5-2-1-3-6-10)16-11-7-4-8-12(17(21)22)14(11)15(19)20/h1-8H,9H2,(H,16,18)(H,19,20). The number of carbonyl (C=O) groups excluding carboxylic acids is 1. The minimum Gasteiger partial charge on any atom is -0.477 e. The number of rotatable bonds is 5. The average molecular weight is 300 g/mol. The van der Waals surface area contributed by atoms with Crippen LogP contribution in [0.15, 0.2) is 48.5 Å². The largest absolute Gasteiger partial charge is 0.477 e. The van der Waals surface area contributed by atoms with Gasteiger partial charge >= 0.3 is 5.97 Å². The zero-order chi connectivity index (χ0) is 16.1. The third-order valence-electron chi connectivity index (χ3n) is 2.93. The summed E-state index contributed by atoms with van der Waals surface area (Å²) >= 11 is 0. The summed E-state index contributed by atoms with van der Waals surface area (Å²) in [7, 11) is 0. The Labute approximate surface area is 125 Å². The van der Waals surface area contributed by atoms with Gasteiger partial charge in [-0.15, -0.1) is 0 Å². The lowest BCUT2D eigenvalue weighted by atomic mass is 10.1. The third-order valence-corrected chi connectivity index (χ3v) is 2.93. The Morgan fingerprint density at radius 2 is 1.77 bits per heavy atom. The molecular weight excluding hydrogens is 288 g/mol. The van der Waals surface area contributed by atoms with Crippen LogP contribution in [-0.4, -0.2) is 21.9 Å². The van der Waals surface area contributed by atoms with Crippen molar-refractivity contribution in [2.75, 3.05) is 5.32 Å². The molecule has 22 heavy (non-hydrogen) atoms. The molecule has 0 unspecified atom stereocenters. The molecule has 1 amide bonds. The second-order valence-electron chi connectivity index (χ2n) is 4.47. The minimum absolute atomic E-state index is 0.0442. The molecule has 0 saturated heterocycles. The number of aromatic carboxylic acids is 1. The van der Waals surface area contributed by atoms with Crippen molar-refractivity contribution in [3.8, 4) is 0 Å². The molecule has 7 heteroatoms. The molecule has 0 aliphatic rings. The molecule has 7 nitrogen and oxygen atoms in total. The van der Waals surface area contributed by atoms with E-state index in [0.717, 1.165) is 11.6 Å². The van der Waals surface area contributed by atoms with Crippen LogP contribution in [0.4, 0.5) is 11.4 Å². The van der Waals surface area contributed by atoms with Crippen molar-refractivity contribution in [3.63, 3.8) is 0 Å². The van der Waals surface area contributed by atoms with Gasteiger partial charge in [0.2, 0.25) is 5.91 Å². The molecule has 2 N–H and O–H groups in total. The van der Waals surface area contributed by atoms with Crippen LogP contribution >= 0.6 is 0 Å². The molecule has 0 spiro atoms. The Hall–Kier alpha value is -3.22. The molecule has 0 aromatic heterocycles. The lowest BCUT2D eigenvalue weighted by Gasteiger charge is -2.08. The minimum atomic E-state index is -1.47. The number of benzene rings is 2. The molecular formula is C15H12N2O5. The first-order valence-corrected chi connectivity index (χ1v) is 6.33. The summed E-state index contributed by atoms with van der Waals surface area (Å²) in [6, 6.07) is 12.6. The van der Waals surface area contributed by atoms with Crippen molar-refractivity contribution in [1.82, 2.24) is 0 Å². The van der Waals surface area contributed by atoms with Gasteiger partial charge in [0.1, 0.15) is 0 Å². The van der Waals surface area contributed by atoms with Crippen LogP contribution in [0.3, 0.4) is 0 Å². The van der Waals surface area contributed by atoms with Crippen LogP contribution in [0.2, 0.25) is 0 Å². The molecule has 2 aromatic carbocycles. The van der Waals surface area contributed by atoms with Crippen molar-refractivity contribution < 1.29 is 19.6 Å². The molecule has 0 saturated carbocycles. The summed E-state index contributed by atoms with van der Waals surface area (Å²) in [6.07, 6.45) is 0.0442. The summed E-state index contributed by atoms with van der Waals surface area (Å²) in [5.41, 5.74) is -0.441. The normalized spacial score (nSPS) is 10.0. The Morgan fingerprint density at radius 3 is 2.36 bits per heavy atom. The van der Waals surface area contributed by atoms with Gasteiger partial charge in [-0.3, -0.25) is 14.9 Å². The number of carboxylic acid groups (broad SMARTS) is 1. The van der Waals surface area contributed by atoms with Gasteiger partial charge in [-0.2, -0.15) is 0 Å². The monoisotopic (exact) mass is 300 g/mol. The van der Waals surface area contributed by atoms with Crippen molar-refractivity contribution in [2.24, 2.45) is 0 Å². The number of carbonyl (C=O) groups is 2. The Bertz CT molecular complexity index is 728. The second kappa shape index (κ2) is 6.49. The van der Waals surface area contributed by atoms with Crippen molar-refractivity contribution in [1.29, 1.82) is 0 Å². The molecule has 0 aliphatic heterocycles. The van der Waals surface area contributed by atoms with Crippen LogP contribution in [-0.2, 0) is 11.2 Å². The number of hydrogen-bond acceptors (Lipinski definition) is 4. The number of anilines is 1. The number of nitro benzene ring substituents is 1. The highest BCUT2D eigenvalue weighted by atomic mass is 16.6. The van der Waals surface area contributed by atoms with E-state index in [4.69, 9.17) is 5.11 Å². The summed E-state index contributed by atoms with van der Waals surface area (Å²) in [5.74, 6) is -1.92. The zero-order valence-electron chi connectivity index (χ0n) is 11.4. The lowest BCUT2D eigenvalue weighted by Crippen LogP contribution is -2.17. The van der Waals surface area contributed by atoms with Crippen LogP contribution in [0.5, 0.6) is 0 Å². The van der Waals surface area contributed by atoms with Gasteiger partial charge in [0, 0.05) is 6.07 Å². The smallest absolute Gasteiger partial charge is 0.344 e. The first-order chi connectivity index (χ1) is 10.5. The molecule has 0 atom stereocenters. The molecule has 2 aromatic rings. The Kier molecular flexibility index (Phi) is 4.47. The van der Waals surface area contributed by atoms with Gasteiger partial charge in [0.05, 0.1) is 17.0 Å². The van der Waals surface area contributed by atoms with E-state index in [1.54, 1.807) is 24.3 Å². The predicted molar refractivity (Wildman–Crippen MR) is 78.8 cm³/mol. The molecule has 0 fully saturated rings. The SMILES string of the molecule is O=C(Cc1ccccc1)Nc1cccc([N+](=O)[O-])c1C(=O)O. The number of carboxylic acids is 1. The van der Waals surface area contributed by atoms with Crippen LogP contribution < -0.4 is 5.32 Å². The van der Waals surface area contributed by atoms with E-state index in [2.05, 4.69) is 5.32 Å². The summed E-state index contributed by atoms with van der Waals surface area (Å²) in [6.45, 7) is 0. The van der Waals surface area contributed by atoms with Gasteiger partial charge < -0.3 is 10.4 Å². The molecule has 112 valence electrons. The van der Waals surface area contributed by atoms with E-state index in [1.165, 1.54) is 12.1 Å². The van der Waals surface area contributed by atoms with Gasteiger partial charge in [-0.05, 0) is 11.6 Å². The van der Waals surface area contributed by atoms with E-state index in [-0.39, 0.29) is 12.1 Å². The van der Waals surface area contributed by atoms with Crippen molar-refractivity contribution in [3.05, 3.63) is 69.8 Å². The molecule has 0 aliphatic carbocycles. The fraction of sp³-hybridized carbons (Fsp3) is 0.0667. The average Bonchev–Trinajstić information content (AvgIpc) is 2.47. The van der Waals surface area contributed by atoms with E-state index in [1.807, 2.05) is 6.07 Å². The summed E-state index contributed by atoms with van der Waals surface area (Å²) < 4.78 is 0. The summed E-state index contributed by atoms with van der Waals surface area (Å²) in [5, 5.41) is 22.4. The fourth-order valence-corrected chi connectivity index (χ4v) is 2.00. The van der Waals surface area contributed by atoms with Crippen molar-refractivity contribution in [2.45, 2.75) is 6.42 Å². The van der Waals surface area contributed by atoms with Crippen molar-refractivity contribution >= 4 is 23.3 Å². The number of nitrogens with one attached hydrogen (secondary N) is 1. The lowest BCUT2D eigenvalue weighted by molar-refractivity contribution is -0.385. The number of amides is 1. The molecule has 2 rings (SSSR count). The number of hydrogen-bond donors (Lipinski definition) is 2. The predicted octanol–water partition coefficient (Wildman–Crippen LogP) is 2.47. The van der Waals surface area contributed by atoms with Crippen LogP contribution in [0.25, 0.3) is 0 Å². The van der Waals surface area contributed by atoms with Gasteiger partial charge in [-0.1, -0.05) is 36.4 Å². The highest BCUT2D eigenvalue weighted by Crippen LogP contribution is 2.26. The Balaban J connectivity index is 2.26. The van der Waals surface area contributed by atoms with Crippen LogP contribution in [0.1, 0.15) is 15.9 Å². The maximum atomic E-state index is 12.0. The highest BCUT2D eigenvalue weighted by molar-refractivity contribution is 6.03. The number of nitrogens with zero attached hydrogens (tertiary/aromatic N) is 1. The fourth-order valence-electron chi connectivity index (χ4n) is 2.00. The second-order valence-corrected chi connectivity index (χ2v) is 4.47. The highest BCUT2D eigenvalue weighted by Gasteiger charge is 2.24. The molecule has 0 radical (unpaired) electrons. The molecule has 0 heterocycles. The maximum Gasteiger partial charge on any atom is 0.344 e. The van der Waals surface area contributed by atoms with E-state index >= 15 is 0 Å².